The third kappa shape index (κ3) is 18.3. The van der Waals surface area contributed by atoms with Gasteiger partial charge in [0.1, 0.15) is 11.6 Å². The number of carbonyl (C=O) groups is 2. The number of nitrogens with two attached hydrogens (primary N) is 1. The number of aryl methyl sites for hydroxylation is 4. The van der Waals surface area contributed by atoms with Crippen LogP contribution in [0.15, 0.2) is 158 Å². The van der Waals surface area contributed by atoms with Gasteiger partial charge in [0.2, 0.25) is 0 Å². The zero-order chi connectivity index (χ0) is 48.8. The van der Waals surface area contributed by atoms with Gasteiger partial charge >= 0.3 is 51.4 Å². The Bertz CT molecular complexity index is 2500. The number of nitrogens with zero attached hydrogens (tertiary/aromatic N) is 1. The molecule has 7 aromatic carbocycles. The number of benzene rings is 7. The number of amides is 2. The summed E-state index contributed by atoms with van der Waals surface area (Å²) in [4.78, 5) is 21.8. The zero-order valence-electron chi connectivity index (χ0n) is 41.3. The van der Waals surface area contributed by atoms with Crippen molar-refractivity contribution in [1.29, 1.82) is 0 Å². The Morgan fingerprint density at radius 3 is 1.07 bits per heavy atom. The van der Waals surface area contributed by atoms with Crippen molar-refractivity contribution >= 4 is 27.7 Å². The standard InChI is InChI=1S/C27H30BrF.C27H32FN.C8H5NO2.CH4.K/c1-2-3-4-7-21-9-13-23(14-10-21)25-17-18-26(27(29)20-25)24-15-11-22(12-16-24)8-5-6-19-28;1-2-3-4-7-21-9-13-23(14-10-21)25-17-18-26(27(28)20-25)24-15-11-22(12-16-24)8-5-6-19-29;10-7-5-3-1-2-4-6(5)8(11)9-7;;/h9-18,20H,2-8,19H2,1H3;9-18,20H,2-8,19,29H2,1H3;1-4H,(H,9,10,11);1H4;/q;;;;+1/p-1. The molecule has 4 nitrogen and oxygen atoms in total. The monoisotopic (exact) mass is 1040 g/mol. The summed E-state index contributed by atoms with van der Waals surface area (Å²) >= 11 is 3.47. The fourth-order valence-electron chi connectivity index (χ4n) is 8.41. The molecule has 2 N–H and O–H groups in total. The van der Waals surface area contributed by atoms with Crippen molar-refractivity contribution in [2.24, 2.45) is 5.73 Å². The van der Waals surface area contributed by atoms with Gasteiger partial charge in [-0.1, -0.05) is 208 Å². The first-order chi connectivity index (χ1) is 33.7. The molecule has 7 aromatic rings. The second-order valence-corrected chi connectivity index (χ2v) is 18.5. The van der Waals surface area contributed by atoms with Crippen LogP contribution < -0.4 is 57.1 Å². The molecule has 0 fully saturated rings. The van der Waals surface area contributed by atoms with Crippen molar-refractivity contribution in [3.05, 3.63) is 208 Å². The van der Waals surface area contributed by atoms with Gasteiger partial charge in [0.05, 0.1) is 11.8 Å². The Balaban J connectivity index is 0.000000248. The van der Waals surface area contributed by atoms with Crippen LogP contribution in [0.25, 0.3) is 49.8 Å². The quantitative estimate of drug-likeness (QED) is 0.0358. The van der Waals surface area contributed by atoms with E-state index in [-0.39, 0.29) is 70.4 Å². The van der Waals surface area contributed by atoms with E-state index < -0.39 is 11.8 Å². The van der Waals surface area contributed by atoms with Crippen molar-refractivity contribution < 1.29 is 69.8 Å². The van der Waals surface area contributed by atoms with E-state index in [1.807, 2.05) is 48.5 Å². The summed E-state index contributed by atoms with van der Waals surface area (Å²) in [5.74, 6) is -1.19. The maximum atomic E-state index is 14.9. The van der Waals surface area contributed by atoms with E-state index >= 15 is 0 Å². The second-order valence-electron chi connectivity index (χ2n) is 17.8. The fourth-order valence-corrected chi connectivity index (χ4v) is 8.81. The van der Waals surface area contributed by atoms with Crippen LogP contribution in [-0.4, -0.2) is 23.7 Å². The molecule has 0 aromatic heterocycles. The minimum Gasteiger partial charge on any atom is -0.587 e. The third-order valence-corrected chi connectivity index (χ3v) is 13.1. The normalized spacial score (nSPS) is 11.2. The van der Waals surface area contributed by atoms with Gasteiger partial charge in [-0.2, -0.15) is 0 Å². The molecule has 71 heavy (non-hydrogen) atoms. The minimum atomic E-state index is -0.425. The average molecular weight is 1040 g/mol. The SMILES string of the molecule is C.CCCCCc1ccc(-c2ccc(-c3ccc(CCCCBr)cc3)c(F)c2)cc1.CCCCCc1ccc(-c2ccc(-c3ccc(CCCCN)cc3)c(F)c2)cc1.O=C1[N-]C(=O)c2ccccc21.[K+]. The average Bonchev–Trinajstić information content (AvgIpc) is 3.67. The first kappa shape index (κ1) is 59.2. The van der Waals surface area contributed by atoms with E-state index in [9.17, 15) is 18.4 Å². The number of unbranched alkanes of at least 4 members (excludes halogenated alkanes) is 6. The number of carbonyl (C=O) groups excluding carboxylic acids is 2. The summed E-state index contributed by atoms with van der Waals surface area (Å²) in [5, 5.41) is 4.32. The Labute approximate surface area is 474 Å². The van der Waals surface area contributed by atoms with Crippen LogP contribution in [0.3, 0.4) is 0 Å². The van der Waals surface area contributed by atoms with Crippen LogP contribution in [-0.2, 0) is 25.7 Å². The van der Waals surface area contributed by atoms with E-state index in [0.717, 1.165) is 83.8 Å². The number of alkyl halides is 1. The number of imide groups is 1. The molecule has 8 heteroatoms. The van der Waals surface area contributed by atoms with E-state index in [1.54, 1.807) is 36.4 Å². The Morgan fingerprint density at radius 2 is 0.746 bits per heavy atom. The first-order valence-electron chi connectivity index (χ1n) is 24.8. The number of halogens is 3. The predicted molar refractivity (Wildman–Crippen MR) is 295 cm³/mol. The van der Waals surface area contributed by atoms with Gasteiger partial charge in [-0.25, -0.2) is 8.78 Å². The van der Waals surface area contributed by atoms with Crippen LogP contribution >= 0.6 is 15.9 Å². The smallest absolute Gasteiger partial charge is 0.587 e. The number of hydrogen-bond donors (Lipinski definition) is 1. The molecule has 0 unspecified atom stereocenters. The number of fused-ring (bicyclic) bond motifs is 1. The van der Waals surface area contributed by atoms with E-state index in [4.69, 9.17) is 5.73 Å². The van der Waals surface area contributed by atoms with Crippen LogP contribution in [0.1, 0.15) is 128 Å². The first-order valence-corrected chi connectivity index (χ1v) is 25.9. The number of hydrogen-bond acceptors (Lipinski definition) is 3. The zero-order valence-corrected chi connectivity index (χ0v) is 46.0. The molecule has 1 aliphatic rings. The summed E-state index contributed by atoms with van der Waals surface area (Å²) in [5.41, 5.74) is 18.8. The molecule has 0 saturated carbocycles. The van der Waals surface area contributed by atoms with Crippen LogP contribution in [0.5, 0.6) is 0 Å². The van der Waals surface area contributed by atoms with Crippen molar-refractivity contribution in [1.82, 2.24) is 0 Å². The molecule has 0 spiro atoms. The molecule has 0 radical (unpaired) electrons. The van der Waals surface area contributed by atoms with Gasteiger partial charge in [-0.05, 0) is 139 Å². The maximum Gasteiger partial charge on any atom is 1.00 e. The van der Waals surface area contributed by atoms with E-state index in [1.165, 1.54) is 73.6 Å². The minimum absolute atomic E-state index is 0. The Kier molecular flexibility index (Phi) is 26.6. The largest absolute Gasteiger partial charge is 1.00 e. The van der Waals surface area contributed by atoms with Crippen molar-refractivity contribution in [2.45, 2.75) is 111 Å². The molecule has 8 rings (SSSR count). The maximum absolute atomic E-state index is 14.9. The van der Waals surface area contributed by atoms with Gasteiger partial charge in [0.15, 0.2) is 0 Å². The molecule has 1 heterocycles. The van der Waals surface area contributed by atoms with Gasteiger partial charge in [0.25, 0.3) is 0 Å². The molecule has 0 aliphatic carbocycles. The molecule has 0 saturated heterocycles. The molecule has 1 aliphatic heterocycles. The summed E-state index contributed by atoms with van der Waals surface area (Å²) in [6, 6.07) is 51.4. The number of rotatable bonds is 20. The summed E-state index contributed by atoms with van der Waals surface area (Å²) in [7, 11) is 0. The summed E-state index contributed by atoms with van der Waals surface area (Å²) < 4.78 is 29.7. The summed E-state index contributed by atoms with van der Waals surface area (Å²) in [6.45, 7) is 5.18. The second kappa shape index (κ2) is 31.9. The molecule has 2 amide bonds. The fraction of sp³-hybridized carbons (Fsp3) is 0.302. The van der Waals surface area contributed by atoms with Gasteiger partial charge in [-0.3, -0.25) is 0 Å². The van der Waals surface area contributed by atoms with Crippen LogP contribution in [0.4, 0.5) is 8.78 Å². The van der Waals surface area contributed by atoms with E-state index in [2.05, 4.69) is 108 Å². The van der Waals surface area contributed by atoms with E-state index in [0.29, 0.717) is 22.3 Å². The molecule has 366 valence electrons. The Morgan fingerprint density at radius 1 is 0.423 bits per heavy atom. The molecule has 0 atom stereocenters. The van der Waals surface area contributed by atoms with Crippen molar-refractivity contribution in [3.8, 4) is 44.5 Å². The molecular weight excluding hydrogens is 974 g/mol. The predicted octanol–water partition coefficient (Wildman–Crippen LogP) is 14.8. The molecule has 0 bridgehead atoms. The van der Waals surface area contributed by atoms with Gasteiger partial charge in [0, 0.05) is 27.6 Å². The van der Waals surface area contributed by atoms with Gasteiger partial charge in [-0.15, -0.1) is 0 Å². The van der Waals surface area contributed by atoms with Crippen molar-refractivity contribution in [2.75, 3.05) is 11.9 Å². The Hall–Kier alpha value is -4.38. The topological polar surface area (TPSA) is 74.3 Å². The van der Waals surface area contributed by atoms with Crippen molar-refractivity contribution in [3.63, 3.8) is 0 Å². The van der Waals surface area contributed by atoms with Crippen LogP contribution in [0.2, 0.25) is 0 Å². The summed E-state index contributed by atoms with van der Waals surface area (Å²) in [6.07, 6.45) is 16.3. The molecular formula is C63H70BrF2KN2O2. The van der Waals surface area contributed by atoms with Crippen LogP contribution in [0, 0.1) is 11.6 Å². The van der Waals surface area contributed by atoms with Gasteiger partial charge < -0.3 is 20.6 Å². The third-order valence-electron chi connectivity index (χ3n) is 12.5.